The molecule has 0 radical (unpaired) electrons. The first-order valence-corrected chi connectivity index (χ1v) is 7.87. The van der Waals surface area contributed by atoms with Crippen LogP contribution in [0, 0.1) is 0 Å². The van der Waals surface area contributed by atoms with Crippen molar-refractivity contribution in [3.8, 4) is 0 Å². The van der Waals surface area contributed by atoms with Gasteiger partial charge in [-0.1, -0.05) is 45.0 Å². The van der Waals surface area contributed by atoms with Crippen LogP contribution < -0.4 is 12.4 Å². The van der Waals surface area contributed by atoms with Crippen LogP contribution in [0.5, 0.6) is 0 Å². The highest BCUT2D eigenvalue weighted by atomic mass is 35.5. The van der Waals surface area contributed by atoms with Crippen molar-refractivity contribution in [2.24, 2.45) is 0 Å². The zero-order valence-corrected chi connectivity index (χ0v) is 14.9. The molecule has 0 atom stereocenters. The largest absolute Gasteiger partial charge is 1.00 e. The lowest BCUT2D eigenvalue weighted by atomic mass is 9.82. The van der Waals surface area contributed by atoms with E-state index >= 15 is 0 Å². The Bertz CT molecular complexity index is 369. The fourth-order valence-corrected chi connectivity index (χ4v) is 2.66. The van der Waals surface area contributed by atoms with Gasteiger partial charge in [0.15, 0.2) is 0 Å². The van der Waals surface area contributed by atoms with Crippen LogP contribution in [0.25, 0.3) is 0 Å². The van der Waals surface area contributed by atoms with Crippen LogP contribution in [0.1, 0.15) is 59.1 Å². The molecule has 1 nitrogen and oxygen atoms in total. The van der Waals surface area contributed by atoms with Gasteiger partial charge in [-0.3, -0.25) is 0 Å². The Morgan fingerprint density at radius 3 is 1.65 bits per heavy atom. The molecule has 1 rings (SSSR count). The van der Waals surface area contributed by atoms with Crippen molar-refractivity contribution in [2.45, 2.75) is 59.9 Å². The van der Waals surface area contributed by atoms with Crippen LogP contribution in [-0.2, 0) is 12.0 Å². The van der Waals surface area contributed by atoms with Gasteiger partial charge in [0.1, 0.15) is 6.54 Å². The van der Waals surface area contributed by atoms with Gasteiger partial charge in [-0.25, -0.2) is 0 Å². The van der Waals surface area contributed by atoms with E-state index in [-0.39, 0.29) is 12.4 Å². The standard InChI is InChI=1S/C18H32N.ClH/c1-7-18(5,6)17-13-11-16(12-14-17)15-19(8-2,9-3)10-4;/h11-14H,7-10,15H2,1-6H3;1H/q+1;/p-1. The summed E-state index contributed by atoms with van der Waals surface area (Å²) in [6.07, 6.45) is 1.19. The Morgan fingerprint density at radius 2 is 1.30 bits per heavy atom. The van der Waals surface area contributed by atoms with Crippen molar-refractivity contribution < 1.29 is 16.9 Å². The summed E-state index contributed by atoms with van der Waals surface area (Å²) >= 11 is 0. The molecular formula is C18H32ClN. The third-order valence-electron chi connectivity index (χ3n) is 5.15. The van der Waals surface area contributed by atoms with Crippen LogP contribution in [0.4, 0.5) is 0 Å². The van der Waals surface area contributed by atoms with Crippen molar-refractivity contribution in [3.63, 3.8) is 0 Å². The molecule has 0 aromatic heterocycles. The van der Waals surface area contributed by atoms with Gasteiger partial charge in [-0.2, -0.15) is 0 Å². The molecule has 0 bridgehead atoms. The van der Waals surface area contributed by atoms with Gasteiger partial charge in [0.2, 0.25) is 0 Å². The molecule has 0 unspecified atom stereocenters. The number of benzene rings is 1. The highest BCUT2D eigenvalue weighted by molar-refractivity contribution is 5.27. The van der Waals surface area contributed by atoms with E-state index in [0.717, 1.165) is 6.54 Å². The van der Waals surface area contributed by atoms with Gasteiger partial charge in [-0.15, -0.1) is 0 Å². The normalized spacial score (nSPS) is 12.1. The third-order valence-corrected chi connectivity index (χ3v) is 5.15. The van der Waals surface area contributed by atoms with Crippen molar-refractivity contribution in [1.29, 1.82) is 0 Å². The molecule has 1 aromatic rings. The maximum Gasteiger partial charge on any atom is 0.104 e. The Labute approximate surface area is 132 Å². The average Bonchev–Trinajstić information content (AvgIpc) is 2.45. The third kappa shape index (κ3) is 4.49. The summed E-state index contributed by atoms with van der Waals surface area (Å²) < 4.78 is 1.19. The Balaban J connectivity index is 0.00000361. The number of quaternary nitrogens is 1. The maximum atomic E-state index is 2.33. The predicted molar refractivity (Wildman–Crippen MR) is 85.3 cm³/mol. The molecule has 0 saturated carbocycles. The fourth-order valence-electron chi connectivity index (χ4n) is 2.66. The zero-order chi connectivity index (χ0) is 14.5. The molecule has 0 saturated heterocycles. The smallest absolute Gasteiger partial charge is 0.104 e. The summed E-state index contributed by atoms with van der Waals surface area (Å²) in [7, 11) is 0. The van der Waals surface area contributed by atoms with Gasteiger partial charge >= 0.3 is 0 Å². The SMILES string of the molecule is CCC(C)(C)c1ccc(C[N+](CC)(CC)CC)cc1.[Cl-]. The second-order valence-electron chi connectivity index (χ2n) is 6.38. The first kappa shape index (κ1) is 19.5. The lowest BCUT2D eigenvalue weighted by Crippen LogP contribution is -3.00. The van der Waals surface area contributed by atoms with Crippen LogP contribution in [0.3, 0.4) is 0 Å². The molecule has 0 fully saturated rings. The second-order valence-corrected chi connectivity index (χ2v) is 6.38. The number of halogens is 1. The highest BCUT2D eigenvalue weighted by Crippen LogP contribution is 2.27. The minimum Gasteiger partial charge on any atom is -1.00 e. The Kier molecular flexibility index (Phi) is 7.83. The van der Waals surface area contributed by atoms with Gasteiger partial charge in [-0.05, 0) is 38.2 Å². The van der Waals surface area contributed by atoms with Crippen LogP contribution in [0.2, 0.25) is 0 Å². The molecule has 1 aromatic carbocycles. The van der Waals surface area contributed by atoms with Crippen molar-refractivity contribution >= 4 is 0 Å². The molecule has 0 heterocycles. The van der Waals surface area contributed by atoms with E-state index in [2.05, 4.69) is 65.8 Å². The van der Waals surface area contributed by atoms with E-state index in [1.807, 2.05) is 0 Å². The number of hydrogen-bond acceptors (Lipinski definition) is 0. The quantitative estimate of drug-likeness (QED) is 0.673. The predicted octanol–water partition coefficient (Wildman–Crippen LogP) is 1.75. The molecule has 20 heavy (non-hydrogen) atoms. The summed E-state index contributed by atoms with van der Waals surface area (Å²) in [4.78, 5) is 0. The van der Waals surface area contributed by atoms with Gasteiger partial charge in [0, 0.05) is 5.56 Å². The van der Waals surface area contributed by atoms with E-state index in [1.54, 1.807) is 0 Å². The molecule has 0 aliphatic heterocycles. The van der Waals surface area contributed by atoms with Crippen LogP contribution in [0.15, 0.2) is 24.3 Å². The first-order chi connectivity index (χ1) is 8.93. The Morgan fingerprint density at radius 1 is 0.850 bits per heavy atom. The monoisotopic (exact) mass is 297 g/mol. The average molecular weight is 298 g/mol. The van der Waals surface area contributed by atoms with E-state index in [1.165, 1.54) is 41.7 Å². The molecule has 0 N–H and O–H groups in total. The second kappa shape index (κ2) is 8.05. The molecule has 0 spiro atoms. The van der Waals surface area contributed by atoms with Gasteiger partial charge in [0.05, 0.1) is 19.6 Å². The van der Waals surface area contributed by atoms with E-state index in [9.17, 15) is 0 Å². The molecule has 116 valence electrons. The molecule has 0 aliphatic rings. The summed E-state index contributed by atoms with van der Waals surface area (Å²) in [6, 6.07) is 9.32. The van der Waals surface area contributed by atoms with E-state index in [0.29, 0.717) is 5.41 Å². The fraction of sp³-hybridized carbons (Fsp3) is 0.667. The minimum absolute atomic E-state index is 0. The summed E-state index contributed by atoms with van der Waals surface area (Å²) in [5.41, 5.74) is 3.23. The van der Waals surface area contributed by atoms with Gasteiger partial charge in [0.25, 0.3) is 0 Å². The first-order valence-electron chi connectivity index (χ1n) is 7.87. The molecule has 0 aliphatic carbocycles. The summed E-state index contributed by atoms with van der Waals surface area (Å²) in [6.45, 7) is 18.7. The lowest BCUT2D eigenvalue weighted by Gasteiger charge is -2.36. The minimum atomic E-state index is 0. The molecule has 2 heteroatoms. The van der Waals surface area contributed by atoms with Crippen molar-refractivity contribution in [1.82, 2.24) is 0 Å². The van der Waals surface area contributed by atoms with Crippen LogP contribution in [-0.4, -0.2) is 24.1 Å². The highest BCUT2D eigenvalue weighted by Gasteiger charge is 2.22. The topological polar surface area (TPSA) is 0 Å². The summed E-state index contributed by atoms with van der Waals surface area (Å²) in [5.74, 6) is 0. The number of hydrogen-bond donors (Lipinski definition) is 0. The van der Waals surface area contributed by atoms with Gasteiger partial charge < -0.3 is 16.9 Å². The lowest BCUT2D eigenvalue weighted by molar-refractivity contribution is -0.936. The van der Waals surface area contributed by atoms with E-state index in [4.69, 9.17) is 0 Å². The van der Waals surface area contributed by atoms with Crippen molar-refractivity contribution in [2.75, 3.05) is 19.6 Å². The van der Waals surface area contributed by atoms with Crippen LogP contribution >= 0.6 is 0 Å². The summed E-state index contributed by atoms with van der Waals surface area (Å²) in [5, 5.41) is 0. The number of nitrogens with zero attached hydrogens (tertiary/aromatic N) is 1. The molecular weight excluding hydrogens is 266 g/mol. The molecule has 0 amide bonds. The van der Waals surface area contributed by atoms with Crippen molar-refractivity contribution in [3.05, 3.63) is 35.4 Å². The maximum absolute atomic E-state index is 2.33. The van der Waals surface area contributed by atoms with E-state index < -0.39 is 0 Å². The number of rotatable bonds is 7. The zero-order valence-electron chi connectivity index (χ0n) is 14.2. The Hall–Kier alpha value is -0.530.